The minimum atomic E-state index is -3.24. The van der Waals surface area contributed by atoms with Gasteiger partial charge in [0.05, 0.1) is 23.0 Å². The Kier molecular flexibility index (Phi) is 6.27. The summed E-state index contributed by atoms with van der Waals surface area (Å²) in [5.74, 6) is -0.252. The van der Waals surface area contributed by atoms with Crippen molar-refractivity contribution in [3.63, 3.8) is 0 Å². The van der Waals surface area contributed by atoms with E-state index in [0.717, 1.165) is 42.6 Å². The number of sulfonamides is 1. The van der Waals surface area contributed by atoms with Crippen LogP contribution in [-0.2, 0) is 19.6 Å². The van der Waals surface area contributed by atoms with Crippen LogP contribution in [0.3, 0.4) is 0 Å². The molecule has 9 nitrogen and oxygen atoms in total. The van der Waals surface area contributed by atoms with Crippen molar-refractivity contribution in [1.82, 2.24) is 14.2 Å². The Morgan fingerprint density at radius 3 is 2.48 bits per heavy atom. The molecule has 0 bridgehead atoms. The van der Waals surface area contributed by atoms with Gasteiger partial charge in [-0.3, -0.25) is 14.5 Å². The van der Waals surface area contributed by atoms with Crippen molar-refractivity contribution in [2.45, 2.75) is 45.6 Å². The Balaban J connectivity index is 1.33. The first-order valence-corrected chi connectivity index (χ1v) is 13.7. The van der Waals surface area contributed by atoms with Crippen molar-refractivity contribution in [3.8, 4) is 0 Å². The molecule has 0 atom stereocenters. The summed E-state index contributed by atoms with van der Waals surface area (Å²) >= 11 is 1.37. The van der Waals surface area contributed by atoms with Gasteiger partial charge in [0.25, 0.3) is 0 Å². The number of anilines is 2. The van der Waals surface area contributed by atoms with Crippen LogP contribution >= 0.6 is 11.3 Å². The topological polar surface area (TPSA) is 112 Å². The predicted molar refractivity (Wildman–Crippen MR) is 131 cm³/mol. The molecule has 0 saturated carbocycles. The van der Waals surface area contributed by atoms with E-state index in [-0.39, 0.29) is 29.3 Å². The molecule has 1 spiro atoms. The van der Waals surface area contributed by atoms with Gasteiger partial charge >= 0.3 is 0 Å². The number of likely N-dealkylation sites (tertiary alicyclic amines) is 1. The van der Waals surface area contributed by atoms with Crippen molar-refractivity contribution in [2.24, 2.45) is 5.41 Å². The number of carbonyl (C=O) groups excluding carboxylic acids is 2. The number of hydrogen-bond donors (Lipinski definition) is 2. The lowest BCUT2D eigenvalue weighted by molar-refractivity contribution is -0.118. The van der Waals surface area contributed by atoms with Crippen LogP contribution in [0.5, 0.6) is 0 Å². The summed E-state index contributed by atoms with van der Waals surface area (Å²) in [4.78, 5) is 30.5. The van der Waals surface area contributed by atoms with Crippen LogP contribution in [0.2, 0.25) is 0 Å². The number of aromatic nitrogens is 1. The average Bonchev–Trinajstić information content (AvgIpc) is 3.19. The van der Waals surface area contributed by atoms with Crippen LogP contribution in [0.15, 0.2) is 18.2 Å². The maximum Gasteiger partial charge on any atom is 0.240 e. The first-order chi connectivity index (χ1) is 15.4. The Morgan fingerprint density at radius 2 is 1.88 bits per heavy atom. The van der Waals surface area contributed by atoms with Gasteiger partial charge in [-0.1, -0.05) is 11.3 Å². The van der Waals surface area contributed by atoms with E-state index in [1.165, 1.54) is 24.5 Å². The molecule has 2 amide bonds. The van der Waals surface area contributed by atoms with E-state index in [0.29, 0.717) is 17.4 Å². The number of nitrogens with one attached hydrogen (secondary N) is 2. The molecule has 2 aliphatic rings. The van der Waals surface area contributed by atoms with Crippen LogP contribution in [0.4, 0.5) is 10.8 Å². The molecule has 180 valence electrons. The number of amides is 2. The highest BCUT2D eigenvalue weighted by Crippen LogP contribution is 2.48. The monoisotopic (exact) mass is 493 g/mol. The highest BCUT2D eigenvalue weighted by atomic mass is 32.2. The maximum absolute atomic E-state index is 12.6. The van der Waals surface area contributed by atoms with Crippen LogP contribution in [0, 0.1) is 5.41 Å². The van der Waals surface area contributed by atoms with E-state index in [1.807, 2.05) is 26.0 Å². The molecule has 1 aromatic carbocycles. The lowest BCUT2D eigenvalue weighted by Gasteiger charge is -2.39. The predicted octanol–water partition coefficient (Wildman–Crippen LogP) is 2.72. The fourth-order valence-electron chi connectivity index (χ4n) is 5.29. The largest absolute Gasteiger partial charge is 0.326 e. The Labute approximate surface area is 198 Å². The maximum atomic E-state index is 12.6. The van der Waals surface area contributed by atoms with Crippen molar-refractivity contribution in [3.05, 3.63) is 18.2 Å². The van der Waals surface area contributed by atoms with Gasteiger partial charge in [-0.15, -0.1) is 0 Å². The molecule has 4 rings (SSSR count). The van der Waals surface area contributed by atoms with Crippen LogP contribution in [-0.4, -0.2) is 72.4 Å². The highest BCUT2D eigenvalue weighted by molar-refractivity contribution is 7.88. The SMILES string of the molecule is CC(=O)Nc1ccc2nc(NC(=O)CN3CCC4(CC3)CN(S(C)(=O)=O)C(C)(C)C4)sc2c1. The minimum absolute atomic E-state index is 0.0157. The molecular weight excluding hydrogens is 462 g/mol. The van der Waals surface area contributed by atoms with Gasteiger partial charge in [0.1, 0.15) is 0 Å². The normalized spacial score (nSPS) is 20.8. The Hall–Kier alpha value is -2.08. The molecule has 2 aromatic rings. The number of hydrogen-bond acceptors (Lipinski definition) is 7. The number of carbonyl (C=O) groups is 2. The summed E-state index contributed by atoms with van der Waals surface area (Å²) in [5.41, 5.74) is 1.07. The second kappa shape index (κ2) is 8.61. The standard InChI is InChI=1S/C22H31N5O4S2/c1-15(28)23-16-5-6-17-18(11-16)32-20(24-17)25-19(29)12-26-9-7-22(8-10-26)13-21(2,3)27(14-22)33(4,30)31/h5-6,11H,7-10,12-14H2,1-4H3,(H,23,28)(H,24,25,29). The molecule has 2 fully saturated rings. The number of thiazole rings is 1. The Bertz CT molecular complexity index is 1180. The summed E-state index contributed by atoms with van der Waals surface area (Å²) in [6.07, 6.45) is 3.89. The molecule has 2 N–H and O–H groups in total. The van der Waals surface area contributed by atoms with Gasteiger partial charge < -0.3 is 10.6 Å². The van der Waals surface area contributed by atoms with E-state index in [2.05, 4.69) is 20.5 Å². The van der Waals surface area contributed by atoms with E-state index in [4.69, 9.17) is 0 Å². The van der Waals surface area contributed by atoms with Gasteiger partial charge in [0.2, 0.25) is 21.8 Å². The summed E-state index contributed by atoms with van der Waals surface area (Å²) in [6.45, 7) is 7.83. The second-order valence-electron chi connectivity index (χ2n) is 9.97. The number of piperidine rings is 1. The molecule has 0 unspecified atom stereocenters. The lowest BCUT2D eigenvalue weighted by atomic mass is 9.74. The minimum Gasteiger partial charge on any atom is -0.326 e. The molecule has 33 heavy (non-hydrogen) atoms. The van der Waals surface area contributed by atoms with E-state index < -0.39 is 10.0 Å². The van der Waals surface area contributed by atoms with Gasteiger partial charge in [0, 0.05) is 24.7 Å². The molecule has 3 heterocycles. The molecule has 0 aliphatic carbocycles. The summed E-state index contributed by atoms with van der Waals surface area (Å²) < 4.78 is 27.0. The highest BCUT2D eigenvalue weighted by Gasteiger charge is 2.52. The van der Waals surface area contributed by atoms with Crippen LogP contribution in [0.1, 0.15) is 40.0 Å². The first kappa shape index (κ1) is 24.1. The second-order valence-corrected chi connectivity index (χ2v) is 12.9. The fourth-order valence-corrected chi connectivity index (χ4v) is 7.68. The third kappa shape index (κ3) is 5.37. The molecule has 2 saturated heterocycles. The average molecular weight is 494 g/mol. The number of benzene rings is 1. The van der Waals surface area contributed by atoms with Crippen molar-refractivity contribution in [1.29, 1.82) is 0 Å². The smallest absolute Gasteiger partial charge is 0.240 e. The zero-order valence-corrected chi connectivity index (χ0v) is 21.1. The fraction of sp³-hybridized carbons (Fsp3) is 0.591. The van der Waals surface area contributed by atoms with E-state index in [9.17, 15) is 18.0 Å². The quantitative estimate of drug-likeness (QED) is 0.663. The summed E-state index contributed by atoms with van der Waals surface area (Å²) in [6, 6.07) is 5.45. The summed E-state index contributed by atoms with van der Waals surface area (Å²) in [5, 5.41) is 6.17. The molecule has 1 aromatic heterocycles. The van der Waals surface area contributed by atoms with Crippen LogP contribution < -0.4 is 10.6 Å². The Morgan fingerprint density at radius 1 is 1.18 bits per heavy atom. The first-order valence-electron chi connectivity index (χ1n) is 11.0. The van der Waals surface area contributed by atoms with Crippen molar-refractivity contribution >= 4 is 54.2 Å². The molecular formula is C22H31N5O4S2. The van der Waals surface area contributed by atoms with Gasteiger partial charge in [-0.05, 0) is 69.8 Å². The van der Waals surface area contributed by atoms with Gasteiger partial charge in [0.15, 0.2) is 5.13 Å². The summed E-state index contributed by atoms with van der Waals surface area (Å²) in [7, 11) is -3.24. The number of rotatable bonds is 5. The zero-order chi connectivity index (χ0) is 24.0. The third-order valence-corrected chi connectivity index (χ3v) is 8.96. The lowest BCUT2D eigenvalue weighted by Crippen LogP contribution is -2.45. The van der Waals surface area contributed by atoms with E-state index >= 15 is 0 Å². The third-order valence-electron chi connectivity index (χ3n) is 6.60. The van der Waals surface area contributed by atoms with Crippen molar-refractivity contribution < 1.29 is 18.0 Å². The number of fused-ring (bicyclic) bond motifs is 1. The molecule has 2 aliphatic heterocycles. The van der Waals surface area contributed by atoms with E-state index in [1.54, 1.807) is 10.4 Å². The zero-order valence-electron chi connectivity index (χ0n) is 19.5. The van der Waals surface area contributed by atoms with Crippen LogP contribution in [0.25, 0.3) is 10.2 Å². The van der Waals surface area contributed by atoms with Crippen molar-refractivity contribution in [2.75, 3.05) is 43.1 Å². The number of nitrogens with zero attached hydrogens (tertiary/aromatic N) is 3. The molecule has 11 heteroatoms. The van der Waals surface area contributed by atoms with Gasteiger partial charge in [-0.25, -0.2) is 13.4 Å². The van der Waals surface area contributed by atoms with Gasteiger partial charge in [-0.2, -0.15) is 4.31 Å². The molecule has 0 radical (unpaired) electrons.